The molecule has 0 atom stereocenters. The monoisotopic (exact) mass is 1030 g/mol. The third kappa shape index (κ3) is 10.8. The molecule has 0 bridgehead atoms. The Balaban J connectivity index is 1.65. The van der Waals surface area contributed by atoms with E-state index in [2.05, 4.69) is 190 Å². The molecule has 0 N–H and O–H groups in total. The Bertz CT molecular complexity index is 2690. The molecule has 6 rings (SSSR count). The fourth-order valence-electron chi connectivity index (χ4n) is 10.5. The summed E-state index contributed by atoms with van der Waals surface area (Å²) >= 11 is 0. The molecule has 0 fully saturated rings. The number of benzene rings is 6. The molecule has 0 heterocycles. The molecular weight excluding hydrogens is 943 g/mol. The van der Waals surface area contributed by atoms with Gasteiger partial charge in [0.15, 0.2) is 0 Å². The first kappa shape index (κ1) is 59.3. The van der Waals surface area contributed by atoms with E-state index in [9.17, 15) is 0 Å². The summed E-state index contributed by atoms with van der Waals surface area (Å²) in [4.78, 5) is 68.4. The summed E-state index contributed by atoms with van der Waals surface area (Å²) in [5.74, 6) is 0. The Morgan fingerprint density at radius 1 is 0.230 bits per heavy atom. The van der Waals surface area contributed by atoms with Crippen LogP contribution in [0.3, 0.4) is 0 Å². The maximum atomic E-state index is 17.1. The average molecular weight is 1040 g/mol. The molecule has 4 nitrogen and oxygen atoms in total. The molecule has 0 aliphatic heterocycles. The first-order chi connectivity index (χ1) is 33.1. The van der Waals surface area contributed by atoms with E-state index in [4.69, 9.17) is 0 Å². The minimum atomic E-state index is -5.78. The van der Waals surface area contributed by atoms with E-state index in [1.54, 1.807) is 24.3 Å². The van der Waals surface area contributed by atoms with Crippen molar-refractivity contribution in [2.45, 2.75) is 209 Å². The van der Waals surface area contributed by atoms with Crippen LogP contribution in [0.4, 0.5) is 0 Å². The molecule has 74 heavy (non-hydrogen) atoms. The van der Waals surface area contributed by atoms with Crippen molar-refractivity contribution in [2.24, 2.45) is 0 Å². The van der Waals surface area contributed by atoms with Gasteiger partial charge in [0.05, 0.1) is 0 Å². The van der Waals surface area contributed by atoms with Crippen molar-refractivity contribution in [2.75, 3.05) is 0 Å². The van der Waals surface area contributed by atoms with E-state index in [0.29, 0.717) is 21.2 Å². The molecule has 0 saturated carbocycles. The van der Waals surface area contributed by atoms with Gasteiger partial charge < -0.3 is 0 Å². The summed E-state index contributed by atoms with van der Waals surface area (Å²) in [6.45, 7) is 51.0. The quantitative estimate of drug-likeness (QED) is 0.149. The molecule has 0 aliphatic carbocycles. The zero-order chi connectivity index (χ0) is 56.3. The second-order valence-electron chi connectivity index (χ2n) is 29.9. The van der Waals surface area contributed by atoms with Gasteiger partial charge in [0, 0.05) is 0 Å². The van der Waals surface area contributed by atoms with Crippen molar-refractivity contribution in [3.05, 3.63) is 166 Å². The van der Waals surface area contributed by atoms with E-state index < -0.39 is 35.8 Å². The van der Waals surface area contributed by atoms with Gasteiger partial charge in [-0.3, -0.25) is 0 Å². The van der Waals surface area contributed by atoms with Crippen LogP contribution in [0.15, 0.2) is 121 Å². The second kappa shape index (κ2) is 18.3. The van der Waals surface area contributed by atoms with Crippen molar-refractivity contribution < 1.29 is 19.6 Å². The SMILES string of the molecule is CC(C)(C)c1ccc(P([O-])([O-])(c2ccc(-c3ccc(P([O-])([O-])(c4ccc(C(C)(C)C)cc4C(C)(C)C)c4ccc(C(C)(C)C)cc4C(C)(C)C)cc3)cc2)c2ccc(C(C)(C)C)cc2C(C)(C)C)c(C(C)(C)C)c1. The van der Waals surface area contributed by atoms with Gasteiger partial charge in [-0.2, -0.15) is 0 Å². The molecule has 0 spiro atoms. The first-order valence-corrected chi connectivity index (χ1v) is 31.1. The third-order valence-electron chi connectivity index (χ3n) is 15.4. The van der Waals surface area contributed by atoms with Crippen LogP contribution < -0.4 is 51.4 Å². The maximum absolute atomic E-state index is 17.1. The molecule has 6 aromatic carbocycles. The second-order valence-corrected chi connectivity index (χ2v) is 36.7. The van der Waals surface area contributed by atoms with Crippen LogP contribution in [0.5, 0.6) is 0 Å². The summed E-state index contributed by atoms with van der Waals surface area (Å²) in [6.07, 6.45) is 0. The number of hydrogen-bond donors (Lipinski definition) is 0. The molecule has 0 saturated heterocycles. The Morgan fingerprint density at radius 2 is 0.405 bits per heavy atom. The zero-order valence-corrected chi connectivity index (χ0v) is 51.9. The van der Waals surface area contributed by atoms with Gasteiger partial charge in [0.2, 0.25) is 0 Å². The average Bonchev–Trinajstić information content (AvgIpc) is 3.26. The third-order valence-corrected chi connectivity index (χ3v) is 23.0. The fourth-order valence-corrected chi connectivity index (χ4v) is 18.2. The molecule has 0 aromatic heterocycles. The predicted molar refractivity (Wildman–Crippen MR) is 319 cm³/mol. The summed E-state index contributed by atoms with van der Waals surface area (Å²) in [7, 11) is -11.6. The Labute approximate surface area is 449 Å². The van der Waals surface area contributed by atoms with Gasteiger partial charge in [-0.1, -0.05) is 0 Å². The molecule has 402 valence electrons. The molecule has 0 radical (unpaired) electrons. The van der Waals surface area contributed by atoms with Gasteiger partial charge in [0.25, 0.3) is 0 Å². The molecular formula is C68H92O4P2-4. The van der Waals surface area contributed by atoms with Crippen LogP contribution in [0.25, 0.3) is 11.1 Å². The summed E-state index contributed by atoms with van der Waals surface area (Å²) in [6, 6.07) is 38.4. The first-order valence-electron chi connectivity index (χ1n) is 26.9. The van der Waals surface area contributed by atoms with E-state index >= 15 is 19.6 Å². The Kier molecular flexibility index (Phi) is 14.7. The minimum absolute atomic E-state index is 0.208. The van der Waals surface area contributed by atoms with E-state index in [0.717, 1.165) is 55.6 Å². The number of rotatable bonds is 7. The van der Waals surface area contributed by atoms with Crippen LogP contribution in [0.1, 0.15) is 211 Å². The van der Waals surface area contributed by atoms with Gasteiger partial charge in [-0.05, 0) is 0 Å². The van der Waals surface area contributed by atoms with Crippen molar-refractivity contribution in [1.29, 1.82) is 0 Å². The van der Waals surface area contributed by atoms with Crippen LogP contribution in [-0.2, 0) is 43.3 Å². The molecule has 0 aliphatic rings. The van der Waals surface area contributed by atoms with Crippen LogP contribution in [0.2, 0.25) is 0 Å². The molecule has 6 aromatic rings. The predicted octanol–water partition coefficient (Wildman–Crippen LogP) is 12.5. The standard InChI is InChI=1S/C68H92O4P2/c1-61(2,3)47-29-37-57(53(41-47)65(13,14)15)73(69,70,58-38-30-48(62(4,5)6)42-54(58)66(16,17)18)51-33-25-45(26-34-51)46-27-35-52(36-28-46)74(71,72,59-39-31-49(63(7,8)9)43-55(59)67(19,20)21)60-40-32-50(64(10,11)12)44-56(60)68(22,23)24/h25-44H,1-24H3/q-4. The fraction of sp³-hybridized carbons (Fsp3) is 0.471. The van der Waals surface area contributed by atoms with Gasteiger partial charge >= 0.3 is 452 Å². The Morgan fingerprint density at radius 3 is 0.554 bits per heavy atom. The molecule has 0 amide bonds. The van der Waals surface area contributed by atoms with Crippen LogP contribution in [-0.4, -0.2) is 0 Å². The topological polar surface area (TPSA) is 92.2 Å². The van der Waals surface area contributed by atoms with Crippen molar-refractivity contribution >= 4 is 45.9 Å². The molecule has 0 unspecified atom stereocenters. The number of hydrogen-bond acceptors (Lipinski definition) is 4. The van der Waals surface area contributed by atoms with Gasteiger partial charge in [-0.15, -0.1) is 0 Å². The van der Waals surface area contributed by atoms with Crippen molar-refractivity contribution in [3.8, 4) is 11.1 Å². The van der Waals surface area contributed by atoms with Crippen LogP contribution >= 0.6 is 14.1 Å². The molecule has 6 heteroatoms. The Hall–Kier alpha value is -3.98. The van der Waals surface area contributed by atoms with E-state index in [1.807, 2.05) is 72.8 Å². The summed E-state index contributed by atoms with van der Waals surface area (Å²) in [5.41, 5.74) is 5.99. The summed E-state index contributed by atoms with van der Waals surface area (Å²) < 4.78 is 0. The van der Waals surface area contributed by atoms with E-state index in [-0.39, 0.29) is 32.3 Å². The van der Waals surface area contributed by atoms with Gasteiger partial charge in [-0.25, -0.2) is 0 Å². The van der Waals surface area contributed by atoms with Crippen molar-refractivity contribution in [1.82, 2.24) is 0 Å². The normalized spacial score (nSPS) is 15.1. The summed E-state index contributed by atoms with van der Waals surface area (Å²) in [5, 5.41) is 1.69. The van der Waals surface area contributed by atoms with E-state index in [1.165, 1.54) is 0 Å². The van der Waals surface area contributed by atoms with Crippen LogP contribution in [0, 0.1) is 0 Å². The zero-order valence-electron chi connectivity index (χ0n) is 50.1. The van der Waals surface area contributed by atoms with Crippen molar-refractivity contribution in [3.63, 3.8) is 0 Å². The van der Waals surface area contributed by atoms with Gasteiger partial charge in [0.1, 0.15) is 0 Å².